The first-order valence-electron chi connectivity index (χ1n) is 11.1. The minimum absolute atomic E-state index is 0.0987. The van der Waals surface area contributed by atoms with Crippen molar-refractivity contribution in [3.63, 3.8) is 0 Å². The van der Waals surface area contributed by atoms with Crippen LogP contribution in [-0.4, -0.2) is 30.8 Å². The van der Waals surface area contributed by atoms with Gasteiger partial charge in [-0.1, -0.05) is 36.4 Å². The molecule has 0 amide bonds. The molecule has 1 aliphatic carbocycles. The second kappa shape index (κ2) is 9.82. The van der Waals surface area contributed by atoms with E-state index in [0.29, 0.717) is 42.1 Å². The second-order valence-corrected chi connectivity index (χ2v) is 9.86. The number of halogens is 3. The predicted octanol–water partition coefficient (Wildman–Crippen LogP) is 4.49. The van der Waals surface area contributed by atoms with Crippen LogP contribution in [0.2, 0.25) is 0 Å². The van der Waals surface area contributed by atoms with Crippen molar-refractivity contribution in [2.45, 2.75) is 49.8 Å². The Kier molecular flexibility index (Phi) is 7.00. The lowest BCUT2D eigenvalue weighted by molar-refractivity contribution is -0.144. The van der Waals surface area contributed by atoms with Gasteiger partial charge in [0.1, 0.15) is 6.54 Å². The van der Waals surface area contributed by atoms with Crippen LogP contribution in [0.5, 0.6) is 0 Å². The molecule has 1 aromatic heterocycles. The van der Waals surface area contributed by atoms with Gasteiger partial charge in [-0.05, 0) is 49.4 Å². The molecule has 1 unspecified atom stereocenters. The number of benzene rings is 2. The van der Waals surface area contributed by atoms with Crippen LogP contribution < -0.4 is 4.72 Å². The van der Waals surface area contributed by atoms with Crippen LogP contribution >= 0.6 is 0 Å². The van der Waals surface area contributed by atoms with Crippen molar-refractivity contribution in [1.29, 1.82) is 0 Å². The summed E-state index contributed by atoms with van der Waals surface area (Å²) in [6.07, 6.45) is -1.60. The van der Waals surface area contributed by atoms with Gasteiger partial charge in [-0.3, -0.25) is 9.48 Å². The molecule has 0 aliphatic heterocycles. The zero-order valence-corrected chi connectivity index (χ0v) is 19.7. The quantitative estimate of drug-likeness (QED) is 0.476. The molecule has 11 heteroatoms. The normalized spacial score (nSPS) is 16.1. The minimum Gasteiger partial charge on any atom is -0.465 e. The highest BCUT2D eigenvalue weighted by molar-refractivity contribution is 7.89. The highest BCUT2D eigenvalue weighted by Gasteiger charge is 2.36. The predicted molar refractivity (Wildman–Crippen MR) is 122 cm³/mol. The van der Waals surface area contributed by atoms with Gasteiger partial charge in [0.2, 0.25) is 10.0 Å². The zero-order valence-electron chi connectivity index (χ0n) is 18.9. The Morgan fingerprint density at radius 2 is 1.94 bits per heavy atom. The Morgan fingerprint density at radius 3 is 2.63 bits per heavy atom. The third-order valence-electron chi connectivity index (χ3n) is 5.84. The highest BCUT2D eigenvalue weighted by atomic mass is 32.2. The van der Waals surface area contributed by atoms with Gasteiger partial charge in [-0.2, -0.15) is 18.3 Å². The van der Waals surface area contributed by atoms with Crippen molar-refractivity contribution in [2.24, 2.45) is 0 Å². The smallest absolute Gasteiger partial charge is 0.417 e. The largest absolute Gasteiger partial charge is 0.465 e. The number of carbonyl (C=O) groups excluding carboxylic acids is 1. The van der Waals surface area contributed by atoms with E-state index in [2.05, 4.69) is 9.82 Å². The number of rotatable bonds is 7. The number of hydrogen-bond acceptors (Lipinski definition) is 5. The van der Waals surface area contributed by atoms with Gasteiger partial charge in [0.15, 0.2) is 0 Å². The number of hydrogen-bond donors (Lipinski definition) is 1. The number of nitrogens with one attached hydrogen (secondary N) is 1. The fourth-order valence-electron chi connectivity index (χ4n) is 4.26. The Bertz CT molecular complexity index is 1320. The van der Waals surface area contributed by atoms with Gasteiger partial charge >= 0.3 is 12.1 Å². The third kappa shape index (κ3) is 5.40. The number of alkyl halides is 3. The van der Waals surface area contributed by atoms with Gasteiger partial charge in [0.25, 0.3) is 0 Å². The fourth-order valence-corrected chi connectivity index (χ4v) is 5.53. The van der Waals surface area contributed by atoms with Crippen molar-refractivity contribution < 1.29 is 31.1 Å². The number of esters is 1. The van der Waals surface area contributed by atoms with E-state index < -0.39 is 38.7 Å². The van der Waals surface area contributed by atoms with E-state index in [1.807, 2.05) is 0 Å². The molecule has 0 saturated heterocycles. The maximum Gasteiger partial charge on any atom is 0.417 e. The summed E-state index contributed by atoms with van der Waals surface area (Å²) in [7, 11) is -4.29. The zero-order chi connectivity index (χ0) is 25.2. The molecule has 0 bridgehead atoms. The SMILES string of the molecule is CCOC(=O)Cn1ncc2c1CCCC2NS(=O)(=O)c1ccc(-c2ccccc2)c(C(F)(F)F)c1. The molecule has 4 rings (SSSR count). The molecule has 186 valence electrons. The summed E-state index contributed by atoms with van der Waals surface area (Å²) in [6.45, 7) is 1.82. The van der Waals surface area contributed by atoms with Crippen molar-refractivity contribution in [3.8, 4) is 11.1 Å². The van der Waals surface area contributed by atoms with Gasteiger partial charge in [0, 0.05) is 11.3 Å². The second-order valence-electron chi connectivity index (χ2n) is 8.15. The Balaban J connectivity index is 1.63. The van der Waals surface area contributed by atoms with E-state index in [-0.39, 0.29) is 18.7 Å². The lowest BCUT2D eigenvalue weighted by Crippen LogP contribution is -2.31. The number of carbonyl (C=O) groups is 1. The summed E-state index contributed by atoms with van der Waals surface area (Å²) in [5, 5.41) is 4.20. The minimum atomic E-state index is -4.75. The van der Waals surface area contributed by atoms with Crippen LogP contribution in [0.15, 0.2) is 59.6 Å². The van der Waals surface area contributed by atoms with Gasteiger partial charge in [-0.15, -0.1) is 0 Å². The summed E-state index contributed by atoms with van der Waals surface area (Å²) in [5.74, 6) is -0.459. The fraction of sp³-hybridized carbons (Fsp3) is 0.333. The Morgan fingerprint density at radius 1 is 1.20 bits per heavy atom. The molecular weight excluding hydrogens is 483 g/mol. The van der Waals surface area contributed by atoms with E-state index in [9.17, 15) is 26.4 Å². The highest BCUT2D eigenvalue weighted by Crippen LogP contribution is 2.39. The van der Waals surface area contributed by atoms with E-state index in [0.717, 1.165) is 0 Å². The molecular formula is C24H24F3N3O4S. The molecule has 0 saturated carbocycles. The topological polar surface area (TPSA) is 90.3 Å². The first kappa shape index (κ1) is 24.9. The summed E-state index contributed by atoms with van der Waals surface area (Å²) >= 11 is 0. The average Bonchev–Trinajstić information content (AvgIpc) is 3.22. The molecule has 3 aromatic rings. The molecule has 7 nitrogen and oxygen atoms in total. The number of ether oxygens (including phenoxy) is 1. The van der Waals surface area contributed by atoms with Crippen molar-refractivity contribution in [2.75, 3.05) is 6.61 Å². The van der Waals surface area contributed by atoms with Crippen molar-refractivity contribution in [3.05, 3.63) is 71.5 Å². The summed E-state index contributed by atoms with van der Waals surface area (Å²) < 4.78 is 76.8. The van der Waals surface area contributed by atoms with Gasteiger partial charge in [-0.25, -0.2) is 13.1 Å². The molecule has 0 spiro atoms. The molecule has 1 atom stereocenters. The maximum absolute atomic E-state index is 13.9. The van der Waals surface area contributed by atoms with Crippen LogP contribution in [0.1, 0.15) is 42.6 Å². The van der Waals surface area contributed by atoms with E-state index in [1.165, 1.54) is 35.1 Å². The van der Waals surface area contributed by atoms with E-state index in [1.54, 1.807) is 25.1 Å². The lowest BCUT2D eigenvalue weighted by atomic mass is 9.94. The molecule has 1 aliphatic rings. The van der Waals surface area contributed by atoms with Gasteiger partial charge < -0.3 is 4.74 Å². The third-order valence-corrected chi connectivity index (χ3v) is 7.31. The number of aromatic nitrogens is 2. The average molecular weight is 508 g/mol. The van der Waals surface area contributed by atoms with Crippen LogP contribution in [0.25, 0.3) is 11.1 Å². The standard InChI is InChI=1S/C24H24F3N3O4S/c1-2-34-23(31)15-30-22-10-6-9-21(19(22)14-28-30)29-35(32,33)17-11-12-18(16-7-4-3-5-8-16)20(13-17)24(25,26)27/h3-5,7-8,11-14,21,29H,2,6,9-10,15H2,1H3. The Labute approximate surface area is 201 Å². The maximum atomic E-state index is 13.9. The molecule has 0 fully saturated rings. The number of nitrogens with zero attached hydrogens (tertiary/aromatic N) is 2. The number of fused-ring (bicyclic) bond motifs is 1. The summed E-state index contributed by atoms with van der Waals surface area (Å²) in [4.78, 5) is 11.4. The van der Waals surface area contributed by atoms with E-state index in [4.69, 9.17) is 4.74 Å². The number of sulfonamides is 1. The first-order valence-corrected chi connectivity index (χ1v) is 12.6. The van der Waals surface area contributed by atoms with Crippen LogP contribution in [0, 0.1) is 0 Å². The molecule has 35 heavy (non-hydrogen) atoms. The van der Waals surface area contributed by atoms with Crippen molar-refractivity contribution >= 4 is 16.0 Å². The van der Waals surface area contributed by atoms with Crippen LogP contribution in [0.3, 0.4) is 0 Å². The van der Waals surface area contributed by atoms with Crippen molar-refractivity contribution in [1.82, 2.24) is 14.5 Å². The summed E-state index contributed by atoms with van der Waals surface area (Å²) in [6, 6.07) is 10.3. The molecule has 1 N–H and O–H groups in total. The van der Waals surface area contributed by atoms with E-state index >= 15 is 0 Å². The van der Waals surface area contributed by atoms with Crippen LogP contribution in [-0.2, 0) is 38.7 Å². The monoisotopic (exact) mass is 507 g/mol. The van der Waals surface area contributed by atoms with Crippen LogP contribution in [0.4, 0.5) is 13.2 Å². The summed E-state index contributed by atoms with van der Waals surface area (Å²) in [5.41, 5.74) is 0.506. The van der Waals surface area contributed by atoms with Gasteiger partial charge in [0.05, 0.1) is 29.3 Å². The molecule has 0 radical (unpaired) electrons. The lowest BCUT2D eigenvalue weighted by Gasteiger charge is -2.24. The Hall–Kier alpha value is -3.18. The molecule has 2 aromatic carbocycles. The first-order chi connectivity index (χ1) is 16.6. The molecule has 1 heterocycles.